The van der Waals surface area contributed by atoms with Crippen molar-refractivity contribution in [2.75, 3.05) is 0 Å². The highest BCUT2D eigenvalue weighted by molar-refractivity contribution is 5.20. The lowest BCUT2D eigenvalue weighted by molar-refractivity contribution is 0.284. The van der Waals surface area contributed by atoms with Crippen LogP contribution in [0.4, 0.5) is 4.39 Å². The first-order chi connectivity index (χ1) is 7.66. The van der Waals surface area contributed by atoms with E-state index in [2.05, 4.69) is 0 Å². The third-order valence-corrected chi connectivity index (χ3v) is 3.56. The first-order valence-corrected chi connectivity index (χ1v) is 5.93. The Morgan fingerprint density at radius 3 is 2.50 bits per heavy atom. The molecule has 1 aliphatic rings. The van der Waals surface area contributed by atoms with Crippen molar-refractivity contribution in [2.24, 2.45) is 17.4 Å². The number of nitrogens with two attached hydrogens (primary N) is 2. The summed E-state index contributed by atoms with van der Waals surface area (Å²) in [7, 11) is 0. The molecule has 1 unspecified atom stereocenters. The lowest BCUT2D eigenvalue weighted by Gasteiger charge is -2.30. The van der Waals surface area contributed by atoms with Crippen LogP contribution in [0.25, 0.3) is 0 Å². The highest BCUT2D eigenvalue weighted by atomic mass is 19.1. The largest absolute Gasteiger partial charge is 0.328 e. The van der Waals surface area contributed by atoms with Crippen molar-refractivity contribution in [1.82, 2.24) is 0 Å². The molecule has 0 aliphatic heterocycles. The Hall–Kier alpha value is -0.930. The number of hydrogen-bond donors (Lipinski definition) is 2. The maximum atomic E-state index is 13.1. The van der Waals surface area contributed by atoms with E-state index < -0.39 is 0 Å². The summed E-state index contributed by atoms with van der Waals surface area (Å²) in [4.78, 5) is 0. The van der Waals surface area contributed by atoms with E-state index in [0.717, 1.165) is 31.2 Å². The normalized spacial score (nSPS) is 27.7. The van der Waals surface area contributed by atoms with Crippen molar-refractivity contribution in [3.8, 4) is 0 Å². The van der Waals surface area contributed by atoms with Gasteiger partial charge in [-0.2, -0.15) is 0 Å². The monoisotopic (exact) mass is 222 g/mol. The SMILES string of the molecule is NC1CCC(C(N)c2cccc(F)c2)CC1. The topological polar surface area (TPSA) is 52.0 Å². The predicted molar refractivity (Wildman–Crippen MR) is 63.3 cm³/mol. The molecule has 1 aromatic carbocycles. The molecule has 1 aromatic rings. The van der Waals surface area contributed by atoms with Gasteiger partial charge in [0.25, 0.3) is 0 Å². The molecule has 1 atom stereocenters. The van der Waals surface area contributed by atoms with E-state index in [0.29, 0.717) is 12.0 Å². The summed E-state index contributed by atoms with van der Waals surface area (Å²) in [5.74, 6) is 0.238. The van der Waals surface area contributed by atoms with Crippen molar-refractivity contribution < 1.29 is 4.39 Å². The van der Waals surface area contributed by atoms with Crippen LogP contribution in [0.3, 0.4) is 0 Å². The standard InChI is InChI=1S/C13H19FN2/c14-11-3-1-2-10(8-11)13(16)9-4-6-12(15)7-5-9/h1-3,8-9,12-13H,4-7,15-16H2. The maximum Gasteiger partial charge on any atom is 0.123 e. The molecule has 1 fully saturated rings. The molecule has 1 saturated carbocycles. The molecule has 0 radical (unpaired) electrons. The average Bonchev–Trinajstić information content (AvgIpc) is 2.29. The fourth-order valence-corrected chi connectivity index (χ4v) is 2.49. The number of halogens is 1. The van der Waals surface area contributed by atoms with Crippen molar-refractivity contribution in [3.63, 3.8) is 0 Å². The molecule has 88 valence electrons. The third kappa shape index (κ3) is 2.60. The quantitative estimate of drug-likeness (QED) is 0.807. The summed E-state index contributed by atoms with van der Waals surface area (Å²) in [6.45, 7) is 0. The molecule has 1 aliphatic carbocycles. The Morgan fingerprint density at radius 2 is 1.88 bits per heavy atom. The second-order valence-corrected chi connectivity index (χ2v) is 4.76. The van der Waals surface area contributed by atoms with Gasteiger partial charge in [-0.05, 0) is 49.3 Å². The molecule has 0 heterocycles. The number of rotatable bonds is 2. The van der Waals surface area contributed by atoms with Crippen molar-refractivity contribution in [2.45, 2.75) is 37.8 Å². The van der Waals surface area contributed by atoms with Gasteiger partial charge in [-0.3, -0.25) is 0 Å². The van der Waals surface area contributed by atoms with E-state index in [1.165, 1.54) is 6.07 Å². The van der Waals surface area contributed by atoms with Crippen LogP contribution in [0.15, 0.2) is 24.3 Å². The van der Waals surface area contributed by atoms with Crippen LogP contribution in [0, 0.1) is 11.7 Å². The Morgan fingerprint density at radius 1 is 1.19 bits per heavy atom. The van der Waals surface area contributed by atoms with E-state index >= 15 is 0 Å². The van der Waals surface area contributed by atoms with Crippen LogP contribution in [0.1, 0.15) is 37.3 Å². The van der Waals surface area contributed by atoms with Gasteiger partial charge < -0.3 is 11.5 Å². The van der Waals surface area contributed by atoms with Gasteiger partial charge in [-0.15, -0.1) is 0 Å². The Kier molecular flexibility index (Phi) is 3.56. The molecule has 0 saturated heterocycles. The first-order valence-electron chi connectivity index (χ1n) is 5.93. The van der Waals surface area contributed by atoms with Crippen molar-refractivity contribution in [1.29, 1.82) is 0 Å². The van der Waals surface area contributed by atoms with Gasteiger partial charge in [0.2, 0.25) is 0 Å². The predicted octanol–water partition coefficient (Wildman–Crippen LogP) is 2.34. The average molecular weight is 222 g/mol. The minimum Gasteiger partial charge on any atom is -0.328 e. The number of benzene rings is 1. The summed E-state index contributed by atoms with van der Waals surface area (Å²) in [5.41, 5.74) is 12.9. The highest BCUT2D eigenvalue weighted by Crippen LogP contribution is 2.32. The highest BCUT2D eigenvalue weighted by Gasteiger charge is 2.24. The van der Waals surface area contributed by atoms with Crippen LogP contribution >= 0.6 is 0 Å². The smallest absolute Gasteiger partial charge is 0.123 e. The Bertz CT molecular complexity index is 346. The minimum atomic E-state index is -0.208. The molecule has 16 heavy (non-hydrogen) atoms. The molecule has 0 aromatic heterocycles. The molecule has 0 bridgehead atoms. The zero-order valence-electron chi connectivity index (χ0n) is 9.40. The summed E-state index contributed by atoms with van der Waals surface area (Å²) in [5, 5.41) is 0. The van der Waals surface area contributed by atoms with Gasteiger partial charge in [0.1, 0.15) is 5.82 Å². The van der Waals surface area contributed by atoms with Gasteiger partial charge in [-0.1, -0.05) is 12.1 Å². The Balaban J connectivity index is 2.04. The zero-order valence-corrected chi connectivity index (χ0v) is 9.40. The molecule has 3 heteroatoms. The molecular formula is C13H19FN2. The maximum absolute atomic E-state index is 13.1. The van der Waals surface area contributed by atoms with Crippen LogP contribution < -0.4 is 11.5 Å². The first kappa shape index (κ1) is 11.6. The molecule has 2 nitrogen and oxygen atoms in total. The van der Waals surface area contributed by atoms with E-state index in [-0.39, 0.29) is 11.9 Å². The van der Waals surface area contributed by atoms with E-state index in [9.17, 15) is 4.39 Å². The van der Waals surface area contributed by atoms with Crippen molar-refractivity contribution in [3.05, 3.63) is 35.6 Å². The van der Waals surface area contributed by atoms with Gasteiger partial charge in [-0.25, -0.2) is 4.39 Å². The zero-order chi connectivity index (χ0) is 11.5. The lowest BCUT2D eigenvalue weighted by Crippen LogP contribution is -2.31. The van der Waals surface area contributed by atoms with E-state index in [1.54, 1.807) is 12.1 Å². The van der Waals surface area contributed by atoms with Gasteiger partial charge in [0.15, 0.2) is 0 Å². The van der Waals surface area contributed by atoms with E-state index in [4.69, 9.17) is 11.5 Å². The number of hydrogen-bond acceptors (Lipinski definition) is 2. The molecular weight excluding hydrogens is 203 g/mol. The van der Waals surface area contributed by atoms with Gasteiger partial charge in [0, 0.05) is 12.1 Å². The summed E-state index contributed by atoms with van der Waals surface area (Å²) in [6.07, 6.45) is 4.18. The van der Waals surface area contributed by atoms with Gasteiger partial charge in [0.05, 0.1) is 0 Å². The summed E-state index contributed by atoms with van der Waals surface area (Å²) < 4.78 is 13.1. The molecule has 0 amide bonds. The van der Waals surface area contributed by atoms with Crippen LogP contribution in [0.5, 0.6) is 0 Å². The van der Waals surface area contributed by atoms with Crippen LogP contribution in [-0.2, 0) is 0 Å². The van der Waals surface area contributed by atoms with Crippen molar-refractivity contribution >= 4 is 0 Å². The fraction of sp³-hybridized carbons (Fsp3) is 0.538. The second-order valence-electron chi connectivity index (χ2n) is 4.76. The van der Waals surface area contributed by atoms with Crippen LogP contribution in [0.2, 0.25) is 0 Å². The minimum absolute atomic E-state index is 0.0526. The third-order valence-electron chi connectivity index (χ3n) is 3.56. The summed E-state index contributed by atoms with van der Waals surface area (Å²) in [6, 6.07) is 6.90. The van der Waals surface area contributed by atoms with Gasteiger partial charge >= 0.3 is 0 Å². The molecule has 0 spiro atoms. The lowest BCUT2D eigenvalue weighted by atomic mass is 9.80. The van der Waals surface area contributed by atoms with E-state index in [1.807, 2.05) is 6.07 Å². The molecule has 4 N–H and O–H groups in total. The summed E-state index contributed by atoms with van der Waals surface area (Å²) >= 11 is 0. The fourth-order valence-electron chi connectivity index (χ4n) is 2.49. The molecule has 2 rings (SSSR count). The Labute approximate surface area is 95.8 Å². The van der Waals surface area contributed by atoms with Crippen LogP contribution in [-0.4, -0.2) is 6.04 Å². The second kappa shape index (κ2) is 4.93.